The van der Waals surface area contributed by atoms with Crippen LogP contribution in [0.1, 0.15) is 38.6 Å². The molecular formula is C10H19N3O2. The van der Waals surface area contributed by atoms with Crippen LogP contribution in [0, 0.1) is 5.92 Å². The second kappa shape index (κ2) is 5.82. The molecule has 1 atom stereocenters. The van der Waals surface area contributed by atoms with Crippen LogP contribution in [-0.2, 0) is 11.3 Å². The van der Waals surface area contributed by atoms with Gasteiger partial charge in [-0.1, -0.05) is 19.0 Å². The Labute approximate surface area is 90.2 Å². The number of aromatic nitrogens is 2. The van der Waals surface area contributed by atoms with Crippen LogP contribution in [0.4, 0.5) is 0 Å². The first-order valence-corrected chi connectivity index (χ1v) is 5.19. The highest BCUT2D eigenvalue weighted by Gasteiger charge is 2.12. The molecule has 1 N–H and O–H groups in total. The molecular weight excluding hydrogens is 194 g/mol. The van der Waals surface area contributed by atoms with E-state index < -0.39 is 0 Å². The van der Waals surface area contributed by atoms with E-state index in [0.717, 1.165) is 6.54 Å². The molecule has 86 valence electrons. The van der Waals surface area contributed by atoms with E-state index in [9.17, 15) is 0 Å². The van der Waals surface area contributed by atoms with Crippen molar-refractivity contribution < 1.29 is 9.26 Å². The molecule has 0 aliphatic heterocycles. The molecule has 15 heavy (non-hydrogen) atoms. The second-order valence-corrected chi connectivity index (χ2v) is 3.95. The molecule has 1 aromatic rings. The third kappa shape index (κ3) is 3.97. The summed E-state index contributed by atoms with van der Waals surface area (Å²) in [5, 5.41) is 7.07. The quantitative estimate of drug-likeness (QED) is 0.776. The Bertz CT molecular complexity index is 286. The van der Waals surface area contributed by atoms with E-state index in [4.69, 9.17) is 9.26 Å². The lowest BCUT2D eigenvalue weighted by Crippen LogP contribution is -2.19. The summed E-state index contributed by atoms with van der Waals surface area (Å²) < 4.78 is 10.2. The Morgan fingerprint density at radius 3 is 2.73 bits per heavy atom. The lowest BCUT2D eigenvalue weighted by atomic mass is 10.2. The van der Waals surface area contributed by atoms with Gasteiger partial charge in [-0.3, -0.25) is 0 Å². The van der Waals surface area contributed by atoms with Gasteiger partial charge in [0.1, 0.15) is 6.10 Å². The van der Waals surface area contributed by atoms with Gasteiger partial charge in [-0.15, -0.1) is 0 Å². The Kier molecular flexibility index (Phi) is 4.71. The van der Waals surface area contributed by atoms with Crippen LogP contribution < -0.4 is 5.32 Å². The molecule has 1 unspecified atom stereocenters. The van der Waals surface area contributed by atoms with E-state index in [1.807, 2.05) is 6.92 Å². The molecule has 0 saturated carbocycles. The van der Waals surface area contributed by atoms with Crippen LogP contribution in [0.3, 0.4) is 0 Å². The molecule has 1 aromatic heterocycles. The number of ether oxygens (including phenoxy) is 1. The molecule has 0 spiro atoms. The average molecular weight is 213 g/mol. The zero-order chi connectivity index (χ0) is 11.3. The van der Waals surface area contributed by atoms with Crippen molar-refractivity contribution in [3.8, 4) is 0 Å². The zero-order valence-corrected chi connectivity index (χ0v) is 9.78. The van der Waals surface area contributed by atoms with Gasteiger partial charge in [-0.2, -0.15) is 4.98 Å². The molecule has 1 heterocycles. The smallest absolute Gasteiger partial charge is 0.240 e. The molecule has 0 aliphatic rings. The van der Waals surface area contributed by atoms with Crippen molar-refractivity contribution in [2.45, 2.75) is 33.4 Å². The minimum atomic E-state index is -0.118. The van der Waals surface area contributed by atoms with Gasteiger partial charge in [0.05, 0.1) is 6.54 Å². The number of methoxy groups -OCH3 is 1. The van der Waals surface area contributed by atoms with Gasteiger partial charge in [0.2, 0.25) is 5.89 Å². The molecule has 0 fully saturated rings. The van der Waals surface area contributed by atoms with Gasteiger partial charge in [0, 0.05) is 7.11 Å². The molecule has 0 aromatic carbocycles. The highest BCUT2D eigenvalue weighted by atomic mass is 16.5. The van der Waals surface area contributed by atoms with Crippen molar-refractivity contribution >= 4 is 0 Å². The minimum absolute atomic E-state index is 0.118. The van der Waals surface area contributed by atoms with Gasteiger partial charge >= 0.3 is 0 Å². The summed E-state index contributed by atoms with van der Waals surface area (Å²) in [7, 11) is 1.62. The number of rotatable bonds is 6. The van der Waals surface area contributed by atoms with Crippen LogP contribution in [0.2, 0.25) is 0 Å². The van der Waals surface area contributed by atoms with Gasteiger partial charge in [0.25, 0.3) is 0 Å². The summed E-state index contributed by atoms with van der Waals surface area (Å²) in [5.41, 5.74) is 0. The summed E-state index contributed by atoms with van der Waals surface area (Å²) in [6.45, 7) is 7.74. The Morgan fingerprint density at radius 1 is 1.40 bits per heavy atom. The molecule has 5 nitrogen and oxygen atoms in total. The summed E-state index contributed by atoms with van der Waals surface area (Å²) in [6, 6.07) is 0. The largest absolute Gasteiger partial charge is 0.374 e. The van der Waals surface area contributed by atoms with Crippen molar-refractivity contribution in [2.24, 2.45) is 5.92 Å². The first kappa shape index (κ1) is 12.1. The maximum Gasteiger partial charge on any atom is 0.240 e. The fourth-order valence-corrected chi connectivity index (χ4v) is 1.08. The number of nitrogens with zero attached hydrogens (tertiary/aromatic N) is 2. The number of hydrogen-bond acceptors (Lipinski definition) is 5. The van der Waals surface area contributed by atoms with Crippen molar-refractivity contribution in [3.05, 3.63) is 11.7 Å². The maximum absolute atomic E-state index is 5.09. The van der Waals surface area contributed by atoms with Gasteiger partial charge in [0.15, 0.2) is 5.82 Å². The second-order valence-electron chi connectivity index (χ2n) is 3.95. The van der Waals surface area contributed by atoms with Crippen molar-refractivity contribution in [2.75, 3.05) is 13.7 Å². The van der Waals surface area contributed by atoms with Gasteiger partial charge in [-0.25, -0.2) is 0 Å². The third-order valence-electron chi connectivity index (χ3n) is 2.03. The number of hydrogen-bond donors (Lipinski definition) is 1. The van der Waals surface area contributed by atoms with E-state index in [1.54, 1.807) is 7.11 Å². The highest BCUT2D eigenvalue weighted by Crippen LogP contribution is 2.11. The van der Waals surface area contributed by atoms with E-state index in [0.29, 0.717) is 24.2 Å². The van der Waals surface area contributed by atoms with Crippen LogP contribution in [0.25, 0.3) is 0 Å². The van der Waals surface area contributed by atoms with Gasteiger partial charge in [-0.05, 0) is 19.4 Å². The molecule has 0 aliphatic carbocycles. The highest BCUT2D eigenvalue weighted by molar-refractivity contribution is 4.89. The fourth-order valence-electron chi connectivity index (χ4n) is 1.08. The predicted octanol–water partition coefficient (Wildman–Crippen LogP) is 1.52. The third-order valence-corrected chi connectivity index (χ3v) is 2.03. The maximum atomic E-state index is 5.09. The minimum Gasteiger partial charge on any atom is -0.374 e. The Hall–Kier alpha value is -0.940. The topological polar surface area (TPSA) is 60.2 Å². The van der Waals surface area contributed by atoms with Crippen molar-refractivity contribution in [1.82, 2.24) is 15.5 Å². The van der Waals surface area contributed by atoms with Gasteiger partial charge < -0.3 is 14.6 Å². The van der Waals surface area contributed by atoms with Crippen LogP contribution in [-0.4, -0.2) is 23.8 Å². The summed E-state index contributed by atoms with van der Waals surface area (Å²) >= 11 is 0. The molecule has 0 radical (unpaired) electrons. The fraction of sp³-hybridized carbons (Fsp3) is 0.800. The van der Waals surface area contributed by atoms with Crippen LogP contribution in [0.5, 0.6) is 0 Å². The molecule has 0 amide bonds. The lowest BCUT2D eigenvalue weighted by Gasteiger charge is -2.03. The van der Waals surface area contributed by atoms with E-state index >= 15 is 0 Å². The number of nitrogens with one attached hydrogen (secondary N) is 1. The predicted molar refractivity (Wildman–Crippen MR) is 56.3 cm³/mol. The van der Waals surface area contributed by atoms with Crippen molar-refractivity contribution in [1.29, 1.82) is 0 Å². The summed E-state index contributed by atoms with van der Waals surface area (Å²) in [6.07, 6.45) is -0.118. The van der Waals surface area contributed by atoms with E-state index in [-0.39, 0.29) is 6.10 Å². The zero-order valence-electron chi connectivity index (χ0n) is 9.78. The first-order valence-electron chi connectivity index (χ1n) is 5.19. The van der Waals surface area contributed by atoms with Crippen molar-refractivity contribution in [3.63, 3.8) is 0 Å². The standard InChI is InChI=1S/C10H19N3O2/c1-7(2)5-11-6-9-12-10(13-15-9)8(3)14-4/h7-8,11H,5-6H2,1-4H3. The summed E-state index contributed by atoms with van der Waals surface area (Å²) in [5.74, 6) is 1.82. The van der Waals surface area contributed by atoms with Crippen LogP contribution in [0.15, 0.2) is 4.52 Å². The molecule has 0 saturated heterocycles. The first-order chi connectivity index (χ1) is 7.13. The monoisotopic (exact) mass is 213 g/mol. The van der Waals surface area contributed by atoms with Crippen LogP contribution >= 0.6 is 0 Å². The lowest BCUT2D eigenvalue weighted by molar-refractivity contribution is 0.109. The molecule has 1 rings (SSSR count). The van der Waals surface area contributed by atoms with E-state index in [2.05, 4.69) is 29.3 Å². The summed E-state index contributed by atoms with van der Waals surface area (Å²) in [4.78, 5) is 4.21. The SMILES string of the molecule is COC(C)c1noc(CNCC(C)C)n1. The normalized spacial score (nSPS) is 13.4. The molecule has 0 bridgehead atoms. The molecule has 5 heteroatoms. The Balaban J connectivity index is 2.39. The van der Waals surface area contributed by atoms with E-state index in [1.165, 1.54) is 0 Å². The Morgan fingerprint density at radius 2 is 2.13 bits per heavy atom. The average Bonchev–Trinajstić information content (AvgIpc) is 2.65.